The summed E-state index contributed by atoms with van der Waals surface area (Å²) in [6, 6.07) is 21.5. The lowest BCUT2D eigenvalue weighted by molar-refractivity contribution is 0.276. The van der Waals surface area contributed by atoms with E-state index in [0.717, 1.165) is 28.2 Å². The molecule has 0 aliphatic heterocycles. The molecule has 26 heavy (non-hydrogen) atoms. The van der Waals surface area contributed by atoms with Crippen molar-refractivity contribution in [2.75, 3.05) is 0 Å². The van der Waals surface area contributed by atoms with Crippen LogP contribution in [0.4, 0.5) is 0 Å². The van der Waals surface area contributed by atoms with Crippen molar-refractivity contribution in [3.05, 3.63) is 83.6 Å². The molecular formula is C20H15ClN4O. The highest BCUT2D eigenvalue weighted by molar-refractivity contribution is 6.33. The average Bonchev–Trinajstić information content (AvgIpc) is 3.17. The molecule has 0 aliphatic carbocycles. The summed E-state index contributed by atoms with van der Waals surface area (Å²) in [5.74, 6) is 0. The Hall–Kier alpha value is -3.18. The number of hydrogen-bond donors (Lipinski definition) is 1. The summed E-state index contributed by atoms with van der Waals surface area (Å²) in [6.45, 7) is 0.297. The van der Waals surface area contributed by atoms with E-state index in [0.29, 0.717) is 17.6 Å². The predicted molar refractivity (Wildman–Crippen MR) is 101 cm³/mol. The van der Waals surface area contributed by atoms with Gasteiger partial charge in [-0.3, -0.25) is 5.10 Å². The molecule has 0 atom stereocenters. The van der Waals surface area contributed by atoms with Crippen LogP contribution in [0.5, 0.6) is 6.01 Å². The van der Waals surface area contributed by atoms with Crippen molar-refractivity contribution in [1.29, 1.82) is 0 Å². The molecule has 2 aromatic heterocycles. The third-order valence-electron chi connectivity index (χ3n) is 3.84. The summed E-state index contributed by atoms with van der Waals surface area (Å²) in [7, 11) is 0. The second-order valence-electron chi connectivity index (χ2n) is 5.64. The molecule has 4 rings (SSSR count). The summed E-state index contributed by atoms with van der Waals surface area (Å²) < 4.78 is 5.71. The molecule has 0 unspecified atom stereocenters. The van der Waals surface area contributed by atoms with Crippen LogP contribution in [-0.4, -0.2) is 20.2 Å². The zero-order valence-corrected chi connectivity index (χ0v) is 14.5. The minimum absolute atomic E-state index is 0.290. The molecule has 1 N–H and O–H groups in total. The van der Waals surface area contributed by atoms with Crippen LogP contribution in [0.25, 0.3) is 22.5 Å². The number of rotatable bonds is 5. The Kier molecular flexibility index (Phi) is 4.62. The predicted octanol–water partition coefficient (Wildman–Crippen LogP) is 4.77. The van der Waals surface area contributed by atoms with Gasteiger partial charge in [-0.15, -0.1) is 0 Å². The van der Waals surface area contributed by atoms with Crippen molar-refractivity contribution in [1.82, 2.24) is 20.2 Å². The highest BCUT2D eigenvalue weighted by atomic mass is 35.5. The van der Waals surface area contributed by atoms with Crippen molar-refractivity contribution >= 4 is 11.6 Å². The number of hydrogen-bond acceptors (Lipinski definition) is 4. The van der Waals surface area contributed by atoms with Crippen LogP contribution in [0.3, 0.4) is 0 Å². The molecule has 5 nitrogen and oxygen atoms in total. The maximum atomic E-state index is 6.23. The highest BCUT2D eigenvalue weighted by Gasteiger charge is 2.08. The average molecular weight is 363 g/mol. The molecule has 4 aromatic rings. The van der Waals surface area contributed by atoms with E-state index in [2.05, 4.69) is 20.2 Å². The Labute approximate surface area is 155 Å². The van der Waals surface area contributed by atoms with Crippen molar-refractivity contribution in [2.24, 2.45) is 0 Å². The Balaban J connectivity index is 1.48. The van der Waals surface area contributed by atoms with Crippen molar-refractivity contribution in [3.8, 4) is 28.5 Å². The maximum Gasteiger partial charge on any atom is 0.317 e. The van der Waals surface area contributed by atoms with Gasteiger partial charge in [-0.05, 0) is 18.2 Å². The van der Waals surface area contributed by atoms with E-state index in [9.17, 15) is 0 Å². The minimum atomic E-state index is 0.290. The van der Waals surface area contributed by atoms with E-state index in [-0.39, 0.29) is 0 Å². The second kappa shape index (κ2) is 7.37. The minimum Gasteiger partial charge on any atom is -0.457 e. The lowest BCUT2D eigenvalue weighted by Gasteiger charge is -2.06. The fourth-order valence-electron chi connectivity index (χ4n) is 2.56. The molecule has 2 heterocycles. The van der Waals surface area contributed by atoms with Crippen LogP contribution in [0, 0.1) is 0 Å². The maximum absolute atomic E-state index is 6.23. The van der Waals surface area contributed by atoms with E-state index in [1.165, 1.54) is 0 Å². The zero-order valence-electron chi connectivity index (χ0n) is 13.8. The summed E-state index contributed by atoms with van der Waals surface area (Å²) in [4.78, 5) is 8.60. The van der Waals surface area contributed by atoms with Gasteiger partial charge < -0.3 is 4.74 Å². The van der Waals surface area contributed by atoms with Gasteiger partial charge in [0.1, 0.15) is 6.61 Å². The lowest BCUT2D eigenvalue weighted by atomic mass is 10.1. The number of aromatic nitrogens is 4. The van der Waals surface area contributed by atoms with Crippen LogP contribution in [0.2, 0.25) is 5.02 Å². The Bertz CT molecular complexity index is 1020. The first kappa shape index (κ1) is 16.3. The fraction of sp³-hybridized carbons (Fsp3) is 0.0500. The number of aromatic amines is 1. The van der Waals surface area contributed by atoms with Crippen LogP contribution < -0.4 is 4.74 Å². The molecule has 0 spiro atoms. The van der Waals surface area contributed by atoms with Crippen LogP contribution in [0.15, 0.2) is 72.9 Å². The van der Waals surface area contributed by atoms with Gasteiger partial charge in [0.25, 0.3) is 0 Å². The first-order valence-electron chi connectivity index (χ1n) is 8.10. The topological polar surface area (TPSA) is 63.7 Å². The van der Waals surface area contributed by atoms with Crippen LogP contribution in [-0.2, 0) is 6.61 Å². The molecule has 128 valence electrons. The summed E-state index contributed by atoms with van der Waals surface area (Å²) in [6.07, 6.45) is 1.66. The fourth-order valence-corrected chi connectivity index (χ4v) is 2.80. The molecule has 0 amide bonds. The third-order valence-corrected chi connectivity index (χ3v) is 4.17. The van der Waals surface area contributed by atoms with Gasteiger partial charge >= 0.3 is 6.01 Å². The summed E-state index contributed by atoms with van der Waals surface area (Å²) >= 11 is 6.23. The smallest absolute Gasteiger partial charge is 0.317 e. The molecule has 0 saturated carbocycles. The lowest BCUT2D eigenvalue weighted by Crippen LogP contribution is -2.00. The second-order valence-corrected chi connectivity index (χ2v) is 6.04. The molecule has 0 aliphatic rings. The van der Waals surface area contributed by atoms with E-state index >= 15 is 0 Å². The van der Waals surface area contributed by atoms with Gasteiger partial charge in [-0.25, -0.2) is 4.98 Å². The van der Waals surface area contributed by atoms with E-state index in [1.54, 1.807) is 12.3 Å². The van der Waals surface area contributed by atoms with Gasteiger partial charge in [-0.1, -0.05) is 60.1 Å². The van der Waals surface area contributed by atoms with E-state index in [4.69, 9.17) is 16.3 Å². The quantitative estimate of drug-likeness (QED) is 0.555. The third kappa shape index (κ3) is 3.58. The number of halogens is 1. The van der Waals surface area contributed by atoms with E-state index < -0.39 is 0 Å². The molecule has 0 radical (unpaired) electrons. The van der Waals surface area contributed by atoms with Crippen LogP contribution >= 0.6 is 11.6 Å². The molecular weight excluding hydrogens is 348 g/mol. The number of ether oxygens (including phenoxy) is 1. The van der Waals surface area contributed by atoms with Gasteiger partial charge in [0.05, 0.1) is 17.1 Å². The monoisotopic (exact) mass is 362 g/mol. The van der Waals surface area contributed by atoms with Crippen LogP contribution in [0.1, 0.15) is 5.69 Å². The summed E-state index contributed by atoms with van der Waals surface area (Å²) in [5, 5.41) is 7.93. The van der Waals surface area contributed by atoms with Crippen molar-refractivity contribution in [3.63, 3.8) is 0 Å². The Morgan fingerprint density at radius 2 is 1.73 bits per heavy atom. The number of H-pyrrole nitrogens is 1. The van der Waals surface area contributed by atoms with Gasteiger partial charge in [0, 0.05) is 22.3 Å². The normalized spacial score (nSPS) is 10.7. The SMILES string of the molecule is Clc1ccccc1-c1ccnc(OCc2cc(-c3ccccc3)n[nH]2)n1. The first-order chi connectivity index (χ1) is 12.8. The van der Waals surface area contributed by atoms with Crippen molar-refractivity contribution < 1.29 is 4.74 Å². The standard InChI is InChI=1S/C20H15ClN4O/c21-17-9-5-4-8-16(17)18-10-11-22-20(23-18)26-13-15-12-19(25-24-15)14-6-2-1-3-7-14/h1-12H,13H2,(H,24,25). The van der Waals surface area contributed by atoms with Crippen molar-refractivity contribution in [2.45, 2.75) is 6.61 Å². The number of nitrogens with zero attached hydrogens (tertiary/aromatic N) is 3. The first-order valence-corrected chi connectivity index (χ1v) is 8.48. The number of nitrogens with one attached hydrogen (secondary N) is 1. The van der Waals surface area contributed by atoms with Gasteiger partial charge in [0.15, 0.2) is 0 Å². The summed E-state index contributed by atoms with van der Waals surface area (Å²) in [5.41, 5.74) is 4.32. The Morgan fingerprint density at radius 3 is 2.58 bits per heavy atom. The molecule has 0 bridgehead atoms. The molecule has 2 aromatic carbocycles. The van der Waals surface area contributed by atoms with Gasteiger partial charge in [0.2, 0.25) is 0 Å². The highest BCUT2D eigenvalue weighted by Crippen LogP contribution is 2.26. The molecule has 0 fully saturated rings. The molecule has 6 heteroatoms. The van der Waals surface area contributed by atoms with E-state index in [1.807, 2.05) is 60.7 Å². The number of benzene rings is 2. The Morgan fingerprint density at radius 1 is 0.923 bits per heavy atom. The largest absolute Gasteiger partial charge is 0.457 e. The zero-order chi connectivity index (χ0) is 17.8. The molecule has 0 saturated heterocycles. The van der Waals surface area contributed by atoms with Gasteiger partial charge in [-0.2, -0.15) is 10.1 Å².